The molecule has 0 aliphatic heterocycles. The first kappa shape index (κ1) is 10.0. The Kier molecular flexibility index (Phi) is 3.10. The molecule has 0 bridgehead atoms. The molecule has 0 atom stereocenters. The second-order valence-electron chi connectivity index (χ2n) is 1.96. The Labute approximate surface area is 66.5 Å². The lowest BCUT2D eigenvalue weighted by molar-refractivity contribution is 0.554. The Balaban J connectivity index is 4.77. The standard InChI is InChI=1S/C5H11N3O2S/c1-6-5(7-2)8(3)11(4,9)10/h1H2,2-4H3/p+1. The number of nitrogens with one attached hydrogen (secondary N) is 1. The van der Waals surface area contributed by atoms with Crippen molar-refractivity contribution >= 4 is 22.7 Å². The van der Waals surface area contributed by atoms with Crippen LogP contribution in [0.4, 0.5) is 0 Å². The van der Waals surface area contributed by atoms with Crippen LogP contribution in [0.15, 0.2) is 0 Å². The monoisotopic (exact) mass is 178 g/mol. The van der Waals surface area contributed by atoms with Gasteiger partial charge in [0.05, 0.1) is 20.4 Å². The maximum atomic E-state index is 10.9. The molecule has 0 rings (SSSR count). The van der Waals surface area contributed by atoms with E-state index in [2.05, 4.69) is 16.7 Å². The Bertz CT molecular complexity index is 276. The van der Waals surface area contributed by atoms with Crippen molar-refractivity contribution < 1.29 is 8.42 Å². The Morgan fingerprint density at radius 3 is 2.18 bits per heavy atom. The van der Waals surface area contributed by atoms with Crippen LogP contribution in [0.5, 0.6) is 0 Å². The highest BCUT2D eigenvalue weighted by atomic mass is 32.2. The molecule has 64 valence electrons. The average molecular weight is 178 g/mol. The van der Waals surface area contributed by atoms with Gasteiger partial charge in [0.15, 0.2) is 0 Å². The fourth-order valence-electron chi connectivity index (χ4n) is 0.493. The van der Waals surface area contributed by atoms with Crippen molar-refractivity contribution in [3.8, 4) is 0 Å². The summed E-state index contributed by atoms with van der Waals surface area (Å²) in [6.45, 7) is 3.21. The molecule has 0 aromatic carbocycles. The van der Waals surface area contributed by atoms with Gasteiger partial charge in [0.25, 0.3) is 10.0 Å². The zero-order chi connectivity index (χ0) is 9.07. The van der Waals surface area contributed by atoms with E-state index in [1.807, 2.05) is 0 Å². The van der Waals surface area contributed by atoms with E-state index in [0.29, 0.717) is 0 Å². The molecule has 0 saturated carbocycles. The van der Waals surface area contributed by atoms with Crippen molar-refractivity contribution in [1.29, 1.82) is 0 Å². The van der Waals surface area contributed by atoms with Crippen LogP contribution in [0.3, 0.4) is 0 Å². The van der Waals surface area contributed by atoms with Crippen molar-refractivity contribution in [3.05, 3.63) is 0 Å². The maximum absolute atomic E-state index is 10.9. The summed E-state index contributed by atoms with van der Waals surface area (Å²) in [5, 5.41) is 2.59. The van der Waals surface area contributed by atoms with Gasteiger partial charge < -0.3 is 0 Å². The minimum Gasteiger partial charge on any atom is -0.265 e. The number of guanidine groups is 1. The lowest BCUT2D eigenvalue weighted by Crippen LogP contribution is -2.41. The molecule has 0 amide bonds. The second kappa shape index (κ2) is 3.41. The molecule has 0 aromatic heterocycles. The fraction of sp³-hybridized carbons (Fsp3) is 0.600. The SMILES string of the molecule is C=[N+]=C(NC)N(C)S(C)(=O)=O. The summed E-state index contributed by atoms with van der Waals surface area (Å²) in [6, 6.07) is 0. The summed E-state index contributed by atoms with van der Waals surface area (Å²) in [6.07, 6.45) is 1.09. The first-order valence-corrected chi connectivity index (χ1v) is 4.73. The quantitative estimate of drug-likeness (QED) is 0.293. The van der Waals surface area contributed by atoms with Gasteiger partial charge in [-0.25, -0.2) is 0 Å². The maximum Gasteiger partial charge on any atom is 0.454 e. The third-order valence-corrected chi connectivity index (χ3v) is 2.34. The van der Waals surface area contributed by atoms with Crippen molar-refractivity contribution in [2.75, 3.05) is 20.4 Å². The van der Waals surface area contributed by atoms with Gasteiger partial charge in [0.2, 0.25) is 0 Å². The predicted octanol–water partition coefficient (Wildman–Crippen LogP) is -1.78. The van der Waals surface area contributed by atoms with Crippen molar-refractivity contribution in [3.63, 3.8) is 0 Å². The van der Waals surface area contributed by atoms with Gasteiger partial charge in [-0.3, -0.25) is 9.98 Å². The molecule has 5 nitrogen and oxygen atoms in total. The average Bonchev–Trinajstić information content (AvgIpc) is 1.88. The Morgan fingerprint density at radius 1 is 1.64 bits per heavy atom. The molecule has 11 heavy (non-hydrogen) atoms. The van der Waals surface area contributed by atoms with Crippen LogP contribution in [0, 0.1) is 0 Å². The molecule has 0 spiro atoms. The first-order valence-electron chi connectivity index (χ1n) is 2.88. The summed E-state index contributed by atoms with van der Waals surface area (Å²) in [7, 11) is -0.252. The zero-order valence-corrected chi connectivity index (χ0v) is 7.64. The lowest BCUT2D eigenvalue weighted by Gasteiger charge is -2.06. The van der Waals surface area contributed by atoms with Crippen LogP contribution in [0.1, 0.15) is 0 Å². The number of hydrogen-bond donors (Lipinski definition) is 1. The smallest absolute Gasteiger partial charge is 0.265 e. The minimum absolute atomic E-state index is 0.215. The lowest BCUT2D eigenvalue weighted by atomic mass is 10.9. The molecule has 6 heteroatoms. The highest BCUT2D eigenvalue weighted by molar-refractivity contribution is 7.88. The molecule has 0 unspecified atom stereocenters. The van der Waals surface area contributed by atoms with E-state index in [9.17, 15) is 8.42 Å². The summed E-state index contributed by atoms with van der Waals surface area (Å²) in [5.41, 5.74) is 0. The van der Waals surface area contributed by atoms with Crippen LogP contribution >= 0.6 is 0 Å². The summed E-state index contributed by atoms with van der Waals surface area (Å²) >= 11 is 0. The fourth-order valence-corrected chi connectivity index (χ4v) is 0.956. The van der Waals surface area contributed by atoms with Gasteiger partial charge in [-0.05, 0) is 0 Å². The van der Waals surface area contributed by atoms with Gasteiger partial charge in [-0.2, -0.15) is 8.42 Å². The van der Waals surface area contributed by atoms with Gasteiger partial charge in [0.1, 0.15) is 6.72 Å². The minimum atomic E-state index is -3.23. The topological polar surface area (TPSA) is 63.5 Å². The molecule has 0 fully saturated rings. The third kappa shape index (κ3) is 2.61. The van der Waals surface area contributed by atoms with Crippen molar-refractivity contribution in [1.82, 2.24) is 14.3 Å². The molecule has 0 heterocycles. The zero-order valence-electron chi connectivity index (χ0n) is 6.83. The van der Waals surface area contributed by atoms with E-state index in [-0.39, 0.29) is 5.96 Å². The summed E-state index contributed by atoms with van der Waals surface area (Å²) < 4.78 is 26.2. The van der Waals surface area contributed by atoms with Gasteiger partial charge in [0, 0.05) is 0 Å². The van der Waals surface area contributed by atoms with Crippen LogP contribution < -0.4 is 9.98 Å². The molecule has 0 aliphatic rings. The van der Waals surface area contributed by atoms with Gasteiger partial charge >= 0.3 is 5.96 Å². The first-order chi connectivity index (χ1) is 4.93. The number of hydrogen-bond acceptors (Lipinski definition) is 2. The largest absolute Gasteiger partial charge is 0.454 e. The molecule has 0 radical (unpaired) electrons. The number of nitrogens with zero attached hydrogens (tertiary/aromatic N) is 2. The molecule has 0 aromatic rings. The molecular formula is C5H12N3O2S+. The van der Waals surface area contributed by atoms with Crippen LogP contribution in [-0.2, 0) is 10.0 Å². The number of rotatable bonds is 1. The van der Waals surface area contributed by atoms with E-state index < -0.39 is 10.0 Å². The second-order valence-corrected chi connectivity index (χ2v) is 3.98. The van der Waals surface area contributed by atoms with E-state index in [4.69, 9.17) is 0 Å². The third-order valence-electron chi connectivity index (χ3n) is 1.17. The summed E-state index contributed by atoms with van der Waals surface area (Å²) in [5.74, 6) is 0.215. The summed E-state index contributed by atoms with van der Waals surface area (Å²) in [4.78, 5) is 0. The molecule has 0 aliphatic carbocycles. The molecule has 0 saturated heterocycles. The number of sulfonamides is 1. The van der Waals surface area contributed by atoms with Gasteiger partial charge in [-0.1, -0.05) is 0 Å². The van der Waals surface area contributed by atoms with E-state index in [0.717, 1.165) is 10.6 Å². The molecule has 1 N–H and O–H groups in total. The van der Waals surface area contributed by atoms with E-state index >= 15 is 0 Å². The van der Waals surface area contributed by atoms with Crippen LogP contribution in [0.25, 0.3) is 0 Å². The predicted molar refractivity (Wildman–Crippen MR) is 45.9 cm³/mol. The highest BCUT2D eigenvalue weighted by Crippen LogP contribution is 1.89. The van der Waals surface area contributed by atoms with Crippen molar-refractivity contribution in [2.45, 2.75) is 0 Å². The highest BCUT2D eigenvalue weighted by Gasteiger charge is 2.22. The Morgan fingerprint density at radius 2 is 2.09 bits per heavy atom. The van der Waals surface area contributed by atoms with Crippen LogP contribution in [0.2, 0.25) is 0 Å². The normalized spacial score (nSPS) is 10.1. The van der Waals surface area contributed by atoms with Gasteiger partial charge in [-0.15, -0.1) is 4.31 Å². The van der Waals surface area contributed by atoms with E-state index in [1.54, 1.807) is 7.05 Å². The van der Waals surface area contributed by atoms with E-state index in [1.165, 1.54) is 7.05 Å². The van der Waals surface area contributed by atoms with Crippen LogP contribution in [-0.4, -0.2) is 45.8 Å². The molecular weight excluding hydrogens is 166 g/mol. The van der Waals surface area contributed by atoms with Crippen molar-refractivity contribution in [2.24, 2.45) is 0 Å². The Hall–Kier alpha value is -1.00.